The van der Waals surface area contributed by atoms with Gasteiger partial charge in [0.1, 0.15) is 0 Å². The van der Waals surface area contributed by atoms with Gasteiger partial charge < -0.3 is 4.90 Å². The van der Waals surface area contributed by atoms with Gasteiger partial charge in [0.2, 0.25) is 5.91 Å². The van der Waals surface area contributed by atoms with E-state index in [2.05, 4.69) is 22.9 Å². The molecule has 1 amide bonds. The third-order valence-electron chi connectivity index (χ3n) is 2.96. The van der Waals surface area contributed by atoms with E-state index in [0.29, 0.717) is 6.54 Å². The highest BCUT2D eigenvalue weighted by atomic mass is 79.9. The molecule has 0 heterocycles. The van der Waals surface area contributed by atoms with Crippen molar-refractivity contribution in [1.29, 1.82) is 0 Å². The van der Waals surface area contributed by atoms with Crippen LogP contribution >= 0.6 is 27.7 Å². The topological polar surface area (TPSA) is 20.3 Å². The summed E-state index contributed by atoms with van der Waals surface area (Å²) in [5.41, 5.74) is 1.14. The number of benzene rings is 1. The fraction of sp³-hybridized carbons (Fsp3) is 0.533. The van der Waals surface area contributed by atoms with Crippen LogP contribution in [0.3, 0.4) is 0 Å². The van der Waals surface area contributed by atoms with Gasteiger partial charge in [0.25, 0.3) is 0 Å². The van der Waals surface area contributed by atoms with Gasteiger partial charge in [0.05, 0.1) is 5.25 Å². The maximum absolute atomic E-state index is 12.2. The van der Waals surface area contributed by atoms with Gasteiger partial charge >= 0.3 is 0 Å². The molecule has 0 N–H and O–H groups in total. The van der Waals surface area contributed by atoms with E-state index in [1.807, 2.05) is 43.1 Å². The Morgan fingerprint density at radius 3 is 2.74 bits per heavy atom. The van der Waals surface area contributed by atoms with Crippen molar-refractivity contribution in [3.8, 4) is 0 Å². The van der Waals surface area contributed by atoms with Gasteiger partial charge in [0, 0.05) is 18.1 Å². The van der Waals surface area contributed by atoms with Crippen LogP contribution in [-0.2, 0) is 11.3 Å². The molecular weight excluding hydrogens is 322 g/mol. The van der Waals surface area contributed by atoms with Crippen molar-refractivity contribution >= 4 is 33.6 Å². The molecule has 0 saturated carbocycles. The Balaban J connectivity index is 2.50. The number of carbonyl (C=O) groups excluding carboxylic acids is 1. The Bertz CT molecular complexity index is 411. The number of hydrogen-bond acceptors (Lipinski definition) is 2. The number of thioether (sulfide) groups is 1. The van der Waals surface area contributed by atoms with E-state index in [1.165, 1.54) is 12.8 Å². The number of rotatable bonds is 7. The lowest BCUT2D eigenvalue weighted by atomic mass is 10.2. The fourth-order valence-corrected chi connectivity index (χ4v) is 3.29. The van der Waals surface area contributed by atoms with Crippen LogP contribution in [0.5, 0.6) is 0 Å². The van der Waals surface area contributed by atoms with E-state index in [9.17, 15) is 4.79 Å². The first-order chi connectivity index (χ1) is 9.06. The second kappa shape index (κ2) is 8.64. The molecule has 0 fully saturated rings. The first-order valence-corrected chi connectivity index (χ1v) is 8.50. The summed E-state index contributed by atoms with van der Waals surface area (Å²) >= 11 is 5.27. The predicted octanol–water partition coefficient (Wildman–Crippen LogP) is 4.33. The van der Waals surface area contributed by atoms with Crippen molar-refractivity contribution in [2.45, 2.75) is 38.5 Å². The van der Waals surface area contributed by atoms with E-state index in [4.69, 9.17) is 0 Å². The van der Waals surface area contributed by atoms with Gasteiger partial charge in [-0.1, -0.05) is 47.5 Å². The largest absolute Gasteiger partial charge is 0.340 e. The molecule has 0 aliphatic rings. The maximum atomic E-state index is 12.2. The predicted molar refractivity (Wildman–Crippen MR) is 87.4 cm³/mol. The minimum atomic E-state index is 0.0408. The van der Waals surface area contributed by atoms with Crippen molar-refractivity contribution in [3.63, 3.8) is 0 Å². The second-order valence-electron chi connectivity index (χ2n) is 4.65. The highest BCUT2D eigenvalue weighted by Gasteiger charge is 2.18. The highest BCUT2D eigenvalue weighted by Crippen LogP contribution is 2.20. The Kier molecular flexibility index (Phi) is 7.54. The number of amides is 1. The first-order valence-electron chi connectivity index (χ1n) is 6.66. The molecule has 0 aliphatic carbocycles. The van der Waals surface area contributed by atoms with Crippen LogP contribution in [0.4, 0.5) is 0 Å². The third kappa shape index (κ3) is 5.57. The lowest BCUT2D eigenvalue weighted by Crippen LogP contribution is -2.33. The van der Waals surface area contributed by atoms with Gasteiger partial charge in [-0.2, -0.15) is 0 Å². The van der Waals surface area contributed by atoms with Crippen LogP contribution in [0.2, 0.25) is 0 Å². The van der Waals surface area contributed by atoms with Gasteiger partial charge in [-0.3, -0.25) is 4.79 Å². The summed E-state index contributed by atoms with van der Waals surface area (Å²) in [6.45, 7) is 4.82. The molecule has 19 heavy (non-hydrogen) atoms. The molecule has 4 heteroatoms. The van der Waals surface area contributed by atoms with Crippen LogP contribution in [0.25, 0.3) is 0 Å². The van der Waals surface area contributed by atoms with Crippen LogP contribution in [-0.4, -0.2) is 28.9 Å². The lowest BCUT2D eigenvalue weighted by molar-refractivity contribution is -0.129. The van der Waals surface area contributed by atoms with Crippen molar-refractivity contribution in [2.24, 2.45) is 0 Å². The summed E-state index contributed by atoms with van der Waals surface area (Å²) in [4.78, 5) is 14.1. The number of unbranched alkanes of at least 4 members (excludes halogenated alkanes) is 1. The van der Waals surface area contributed by atoms with Crippen LogP contribution in [0, 0.1) is 0 Å². The molecule has 1 rings (SSSR count). The van der Waals surface area contributed by atoms with E-state index in [1.54, 1.807) is 11.8 Å². The first kappa shape index (κ1) is 16.6. The van der Waals surface area contributed by atoms with E-state index in [-0.39, 0.29) is 11.2 Å². The zero-order valence-corrected chi connectivity index (χ0v) is 14.3. The molecule has 1 unspecified atom stereocenters. The fourth-order valence-electron chi connectivity index (χ4n) is 1.75. The van der Waals surface area contributed by atoms with E-state index in [0.717, 1.165) is 15.8 Å². The smallest absolute Gasteiger partial charge is 0.235 e. The van der Waals surface area contributed by atoms with Crippen molar-refractivity contribution in [1.82, 2.24) is 4.90 Å². The summed E-state index contributed by atoms with van der Waals surface area (Å²) in [5.74, 6) is 1.27. The monoisotopic (exact) mass is 343 g/mol. The number of nitrogens with zero attached hydrogens (tertiary/aromatic N) is 1. The molecule has 0 aliphatic heterocycles. The summed E-state index contributed by atoms with van der Waals surface area (Å²) < 4.78 is 1.06. The summed E-state index contributed by atoms with van der Waals surface area (Å²) in [6, 6.07) is 8.03. The summed E-state index contributed by atoms with van der Waals surface area (Å²) in [6.07, 6.45) is 2.36. The zero-order chi connectivity index (χ0) is 14.3. The number of hydrogen-bond donors (Lipinski definition) is 0. The van der Waals surface area contributed by atoms with E-state index >= 15 is 0 Å². The SMILES string of the molecule is CCCCSC(C)C(=O)N(C)Cc1ccccc1Br. The third-order valence-corrected chi connectivity index (χ3v) is 4.95. The molecule has 0 aromatic heterocycles. The maximum Gasteiger partial charge on any atom is 0.235 e. The molecule has 1 aromatic rings. The standard InChI is InChI=1S/C15H22BrNOS/c1-4-5-10-19-12(2)15(18)17(3)11-13-8-6-7-9-14(13)16/h6-9,12H,4-5,10-11H2,1-3H3. The van der Waals surface area contributed by atoms with Gasteiger partial charge in [-0.05, 0) is 30.7 Å². The molecule has 1 aromatic carbocycles. The Morgan fingerprint density at radius 1 is 1.42 bits per heavy atom. The molecule has 0 saturated heterocycles. The molecule has 0 spiro atoms. The quantitative estimate of drug-likeness (QED) is 0.686. The number of carbonyl (C=O) groups is 1. The second-order valence-corrected chi connectivity index (χ2v) is 6.96. The molecule has 106 valence electrons. The number of halogens is 1. The van der Waals surface area contributed by atoms with Crippen LogP contribution in [0.1, 0.15) is 32.3 Å². The van der Waals surface area contributed by atoms with Crippen molar-refractivity contribution < 1.29 is 4.79 Å². The molecule has 0 bridgehead atoms. The minimum absolute atomic E-state index is 0.0408. The normalized spacial score (nSPS) is 12.2. The van der Waals surface area contributed by atoms with Crippen molar-refractivity contribution in [2.75, 3.05) is 12.8 Å². The summed E-state index contributed by atoms with van der Waals surface area (Å²) in [7, 11) is 1.87. The van der Waals surface area contributed by atoms with Crippen LogP contribution < -0.4 is 0 Å². The van der Waals surface area contributed by atoms with Crippen molar-refractivity contribution in [3.05, 3.63) is 34.3 Å². The Labute approximate surface area is 129 Å². The highest BCUT2D eigenvalue weighted by molar-refractivity contribution is 9.10. The van der Waals surface area contributed by atoms with Gasteiger partial charge in [0.15, 0.2) is 0 Å². The van der Waals surface area contributed by atoms with Crippen LogP contribution in [0.15, 0.2) is 28.7 Å². The summed E-state index contributed by atoms with van der Waals surface area (Å²) in [5, 5.41) is 0.0408. The molecular formula is C15H22BrNOS. The van der Waals surface area contributed by atoms with Gasteiger partial charge in [-0.15, -0.1) is 11.8 Å². The lowest BCUT2D eigenvalue weighted by Gasteiger charge is -2.21. The average Bonchev–Trinajstić information content (AvgIpc) is 2.40. The minimum Gasteiger partial charge on any atom is -0.340 e. The average molecular weight is 344 g/mol. The zero-order valence-electron chi connectivity index (χ0n) is 11.9. The molecule has 0 radical (unpaired) electrons. The molecule has 1 atom stereocenters. The van der Waals surface area contributed by atoms with Gasteiger partial charge in [-0.25, -0.2) is 0 Å². The Morgan fingerprint density at radius 2 is 2.11 bits per heavy atom. The molecule has 2 nitrogen and oxygen atoms in total. The Hall–Kier alpha value is -0.480. The van der Waals surface area contributed by atoms with E-state index < -0.39 is 0 Å².